The molecule has 8 heteroatoms. The number of thiocarbonyl (C=S) groups is 1. The van der Waals surface area contributed by atoms with Crippen LogP contribution in [0.15, 0.2) is 54.9 Å². The highest BCUT2D eigenvalue weighted by molar-refractivity contribution is 7.80. The molecule has 0 aliphatic carbocycles. The number of benzene rings is 2. The summed E-state index contributed by atoms with van der Waals surface area (Å²) < 4.78 is 0. The Hall–Kier alpha value is -2.77. The van der Waals surface area contributed by atoms with Gasteiger partial charge in [-0.3, -0.25) is 21.0 Å². The van der Waals surface area contributed by atoms with E-state index >= 15 is 0 Å². The van der Waals surface area contributed by atoms with E-state index in [-0.39, 0.29) is 11.0 Å². The van der Waals surface area contributed by atoms with Crippen LogP contribution < -0.4 is 16.2 Å². The number of nitrogens with one attached hydrogen (secondary N) is 3. The molecule has 0 saturated carbocycles. The van der Waals surface area contributed by atoms with Crippen molar-refractivity contribution < 1.29 is 4.79 Å². The molecule has 0 aliphatic heterocycles. The van der Waals surface area contributed by atoms with Crippen LogP contribution in [0.4, 0.5) is 5.82 Å². The standard InChI is InChI=1S/C16H12ClN5OS/c17-11-5-3-4-10(8-11)15(23)20-16(24)22-21-14-12-6-1-2-7-13(12)18-9-19-14/h1-9H,(H,18,19,21)(H2,20,22,23,24). The average Bonchev–Trinajstić information content (AvgIpc) is 2.60. The fraction of sp³-hybridized carbons (Fsp3) is 0. The zero-order valence-electron chi connectivity index (χ0n) is 12.3. The summed E-state index contributed by atoms with van der Waals surface area (Å²) in [5.41, 5.74) is 6.82. The topological polar surface area (TPSA) is 78.9 Å². The van der Waals surface area contributed by atoms with Gasteiger partial charge >= 0.3 is 0 Å². The van der Waals surface area contributed by atoms with Crippen LogP contribution in [0.2, 0.25) is 5.02 Å². The third kappa shape index (κ3) is 3.76. The number of anilines is 1. The number of amides is 1. The van der Waals surface area contributed by atoms with Crippen LogP contribution in [-0.2, 0) is 0 Å². The second-order valence-electron chi connectivity index (χ2n) is 4.78. The molecule has 24 heavy (non-hydrogen) atoms. The lowest BCUT2D eigenvalue weighted by Gasteiger charge is -2.12. The van der Waals surface area contributed by atoms with Gasteiger partial charge in [0.25, 0.3) is 5.91 Å². The molecule has 0 bridgehead atoms. The van der Waals surface area contributed by atoms with Gasteiger partial charge in [-0.05, 0) is 42.5 Å². The molecule has 3 aromatic rings. The molecule has 0 saturated heterocycles. The van der Waals surface area contributed by atoms with E-state index in [1.165, 1.54) is 6.33 Å². The van der Waals surface area contributed by atoms with E-state index in [9.17, 15) is 4.79 Å². The Balaban J connectivity index is 1.64. The maximum Gasteiger partial charge on any atom is 0.257 e. The molecule has 0 radical (unpaired) electrons. The molecule has 6 nitrogen and oxygen atoms in total. The molecule has 120 valence electrons. The van der Waals surface area contributed by atoms with Crippen LogP contribution >= 0.6 is 23.8 Å². The van der Waals surface area contributed by atoms with Crippen LogP contribution in [0.5, 0.6) is 0 Å². The van der Waals surface area contributed by atoms with E-state index in [0.717, 1.165) is 10.9 Å². The Morgan fingerprint density at radius 3 is 2.75 bits per heavy atom. The Labute approximate surface area is 148 Å². The van der Waals surface area contributed by atoms with Crippen molar-refractivity contribution in [3.8, 4) is 0 Å². The van der Waals surface area contributed by atoms with E-state index in [4.69, 9.17) is 23.8 Å². The van der Waals surface area contributed by atoms with Crippen LogP contribution in [0.1, 0.15) is 10.4 Å². The Morgan fingerprint density at radius 2 is 1.92 bits per heavy atom. The van der Waals surface area contributed by atoms with Gasteiger partial charge in [0.2, 0.25) is 0 Å². The zero-order chi connectivity index (χ0) is 16.9. The van der Waals surface area contributed by atoms with E-state index in [1.54, 1.807) is 24.3 Å². The summed E-state index contributed by atoms with van der Waals surface area (Å²) >= 11 is 11.0. The number of nitrogens with zero attached hydrogens (tertiary/aromatic N) is 2. The first-order valence-corrected chi connectivity index (χ1v) is 7.75. The van der Waals surface area contributed by atoms with Gasteiger partial charge in [-0.15, -0.1) is 0 Å². The van der Waals surface area contributed by atoms with Crippen molar-refractivity contribution in [3.63, 3.8) is 0 Å². The first kappa shape index (κ1) is 16.1. The fourth-order valence-corrected chi connectivity index (χ4v) is 2.39. The molecule has 1 aromatic heterocycles. The minimum atomic E-state index is -0.357. The number of rotatable bonds is 3. The van der Waals surface area contributed by atoms with Crippen LogP contribution in [0.3, 0.4) is 0 Å². The van der Waals surface area contributed by atoms with E-state index in [0.29, 0.717) is 16.4 Å². The van der Waals surface area contributed by atoms with Crippen LogP contribution in [0, 0.1) is 0 Å². The number of hydrogen-bond donors (Lipinski definition) is 3. The summed E-state index contributed by atoms with van der Waals surface area (Å²) in [4.78, 5) is 20.4. The van der Waals surface area contributed by atoms with Gasteiger partial charge in [0.15, 0.2) is 10.9 Å². The third-order valence-electron chi connectivity index (χ3n) is 3.15. The Kier molecular flexibility index (Phi) is 4.83. The van der Waals surface area contributed by atoms with Gasteiger partial charge in [-0.25, -0.2) is 9.97 Å². The lowest BCUT2D eigenvalue weighted by molar-refractivity contribution is 0.0977. The number of carbonyl (C=O) groups excluding carboxylic acids is 1. The van der Waals surface area contributed by atoms with Crippen molar-refractivity contribution in [2.45, 2.75) is 0 Å². The van der Waals surface area contributed by atoms with Gasteiger partial charge in [0.05, 0.1) is 5.52 Å². The minimum Gasteiger partial charge on any atom is -0.298 e. The Bertz CT molecular complexity index is 912. The number of carbonyl (C=O) groups is 1. The van der Waals surface area contributed by atoms with E-state index < -0.39 is 0 Å². The minimum absolute atomic E-state index is 0.114. The second kappa shape index (κ2) is 7.20. The summed E-state index contributed by atoms with van der Waals surface area (Å²) in [6.07, 6.45) is 1.44. The van der Waals surface area contributed by atoms with Crippen LogP contribution in [-0.4, -0.2) is 21.0 Å². The number of fused-ring (bicyclic) bond motifs is 1. The summed E-state index contributed by atoms with van der Waals surface area (Å²) in [7, 11) is 0. The van der Waals surface area contributed by atoms with Crippen molar-refractivity contribution in [2.75, 3.05) is 5.43 Å². The van der Waals surface area contributed by atoms with E-state index in [1.807, 2.05) is 24.3 Å². The lowest BCUT2D eigenvalue weighted by atomic mass is 10.2. The molecule has 0 fully saturated rings. The number of aromatic nitrogens is 2. The van der Waals surface area contributed by atoms with Gasteiger partial charge in [-0.1, -0.05) is 29.8 Å². The summed E-state index contributed by atoms with van der Waals surface area (Å²) in [5, 5.41) is 3.98. The first-order chi connectivity index (χ1) is 11.6. The fourth-order valence-electron chi connectivity index (χ4n) is 2.06. The molecule has 3 rings (SSSR count). The maximum absolute atomic E-state index is 12.1. The van der Waals surface area contributed by atoms with Crippen molar-refractivity contribution in [3.05, 3.63) is 65.4 Å². The molecule has 0 aliphatic rings. The van der Waals surface area contributed by atoms with Gasteiger partial charge < -0.3 is 0 Å². The molecule has 1 heterocycles. The number of hydrogen-bond acceptors (Lipinski definition) is 5. The van der Waals surface area contributed by atoms with Gasteiger partial charge in [0, 0.05) is 16.0 Å². The monoisotopic (exact) mass is 357 g/mol. The smallest absolute Gasteiger partial charge is 0.257 e. The number of hydrazine groups is 1. The molecule has 1 amide bonds. The molecule has 3 N–H and O–H groups in total. The van der Waals surface area contributed by atoms with Crippen molar-refractivity contribution in [1.29, 1.82) is 0 Å². The van der Waals surface area contributed by atoms with Crippen molar-refractivity contribution in [1.82, 2.24) is 20.7 Å². The summed E-state index contributed by atoms with van der Waals surface area (Å²) in [5.74, 6) is 0.198. The predicted octanol–water partition coefficient (Wildman–Crippen LogP) is 2.91. The zero-order valence-corrected chi connectivity index (χ0v) is 13.9. The molecular formula is C16H12ClN5OS. The molecule has 0 spiro atoms. The maximum atomic E-state index is 12.1. The highest BCUT2D eigenvalue weighted by Gasteiger charge is 2.08. The quantitative estimate of drug-likeness (QED) is 0.494. The SMILES string of the molecule is O=C(NC(=S)NNc1ncnc2ccccc12)c1cccc(Cl)c1. The van der Waals surface area contributed by atoms with Crippen LogP contribution in [0.25, 0.3) is 10.9 Å². The molecule has 2 aromatic carbocycles. The van der Waals surface area contributed by atoms with Gasteiger partial charge in [0.1, 0.15) is 6.33 Å². The molecule has 0 atom stereocenters. The van der Waals surface area contributed by atoms with E-state index in [2.05, 4.69) is 26.1 Å². The normalized spacial score (nSPS) is 10.2. The van der Waals surface area contributed by atoms with Crippen molar-refractivity contribution in [2.24, 2.45) is 0 Å². The third-order valence-corrected chi connectivity index (χ3v) is 3.59. The Morgan fingerprint density at radius 1 is 1.08 bits per heavy atom. The summed E-state index contributed by atoms with van der Waals surface area (Å²) in [6.45, 7) is 0. The summed E-state index contributed by atoms with van der Waals surface area (Å²) in [6, 6.07) is 14.1. The average molecular weight is 358 g/mol. The number of para-hydroxylation sites is 1. The highest BCUT2D eigenvalue weighted by Crippen LogP contribution is 2.17. The van der Waals surface area contributed by atoms with Crippen molar-refractivity contribution >= 4 is 51.6 Å². The molecular weight excluding hydrogens is 346 g/mol. The largest absolute Gasteiger partial charge is 0.298 e. The first-order valence-electron chi connectivity index (χ1n) is 6.96. The second-order valence-corrected chi connectivity index (χ2v) is 5.63. The molecule has 0 unspecified atom stereocenters. The predicted molar refractivity (Wildman–Crippen MR) is 97.8 cm³/mol. The van der Waals surface area contributed by atoms with Gasteiger partial charge in [-0.2, -0.15) is 0 Å². The number of halogens is 1. The lowest BCUT2D eigenvalue weighted by Crippen LogP contribution is -2.42. The highest BCUT2D eigenvalue weighted by atomic mass is 35.5.